The van der Waals surface area contributed by atoms with E-state index < -0.39 is 0 Å². The van der Waals surface area contributed by atoms with E-state index in [1.54, 1.807) is 12.1 Å². The van der Waals surface area contributed by atoms with E-state index in [0.717, 1.165) is 17.6 Å². The fourth-order valence-electron chi connectivity index (χ4n) is 2.10. The molecule has 1 aromatic carbocycles. The summed E-state index contributed by atoms with van der Waals surface area (Å²) in [4.78, 5) is 23.7. The number of halogens is 2. The summed E-state index contributed by atoms with van der Waals surface area (Å²) in [7, 11) is 0. The van der Waals surface area contributed by atoms with Crippen molar-refractivity contribution in [1.29, 1.82) is 0 Å². The molecule has 1 aliphatic heterocycles. The first kappa shape index (κ1) is 18.9. The topological polar surface area (TPSA) is 70.2 Å². The number of hydrogen-bond acceptors (Lipinski definition) is 3. The molecular weight excluding hydrogens is 370 g/mol. The maximum Gasteiger partial charge on any atom is 0.251 e. The minimum Gasteiger partial charge on any atom is -0.354 e. The lowest BCUT2D eigenvalue weighted by atomic mass is 9.88. The molecule has 1 heterocycles. The molecule has 0 spiro atoms. The summed E-state index contributed by atoms with van der Waals surface area (Å²) in [6.07, 6.45) is 0. The second-order valence-electron chi connectivity index (χ2n) is 5.26. The third kappa shape index (κ3) is 5.26. The van der Waals surface area contributed by atoms with Gasteiger partial charge in [0, 0.05) is 29.0 Å². The number of benzene rings is 1. The largest absolute Gasteiger partial charge is 0.354 e. The minimum absolute atomic E-state index is 0. The zero-order valence-corrected chi connectivity index (χ0v) is 14.8. The first-order valence-electron chi connectivity index (χ1n) is 7.10. The van der Waals surface area contributed by atoms with E-state index in [9.17, 15) is 9.59 Å². The third-order valence-corrected chi connectivity index (χ3v) is 4.28. The Morgan fingerprint density at radius 3 is 2.36 bits per heavy atom. The van der Waals surface area contributed by atoms with Gasteiger partial charge in [0.15, 0.2) is 0 Å². The predicted octanol–water partition coefficient (Wildman–Crippen LogP) is 1.57. The van der Waals surface area contributed by atoms with Gasteiger partial charge in [-0.15, -0.1) is 12.4 Å². The van der Waals surface area contributed by atoms with Crippen LogP contribution in [-0.2, 0) is 4.79 Å². The van der Waals surface area contributed by atoms with Crippen molar-refractivity contribution in [3.63, 3.8) is 0 Å². The molecule has 7 heteroatoms. The van der Waals surface area contributed by atoms with Gasteiger partial charge in [-0.3, -0.25) is 9.59 Å². The zero-order valence-electron chi connectivity index (χ0n) is 12.4. The lowest BCUT2D eigenvalue weighted by Crippen LogP contribution is -2.50. The van der Waals surface area contributed by atoms with E-state index in [1.165, 1.54) is 0 Å². The van der Waals surface area contributed by atoms with Crippen LogP contribution in [0.25, 0.3) is 0 Å². The van der Waals surface area contributed by atoms with Gasteiger partial charge in [-0.1, -0.05) is 22.9 Å². The van der Waals surface area contributed by atoms with E-state index in [1.807, 2.05) is 19.1 Å². The summed E-state index contributed by atoms with van der Waals surface area (Å²) >= 11 is 3.33. The Hall–Kier alpha value is -1.11. The Morgan fingerprint density at radius 1 is 1.23 bits per heavy atom. The number of rotatable bonds is 6. The van der Waals surface area contributed by atoms with Gasteiger partial charge in [-0.25, -0.2) is 0 Å². The SMILES string of the molecule is CC(C(=O)NCCNC(=O)c1ccc(Br)cc1)C1CNC1.Cl. The summed E-state index contributed by atoms with van der Waals surface area (Å²) in [5.41, 5.74) is 0.610. The van der Waals surface area contributed by atoms with E-state index >= 15 is 0 Å². The normalized spacial score (nSPS) is 15.2. The smallest absolute Gasteiger partial charge is 0.251 e. The minimum atomic E-state index is -0.131. The molecule has 1 aromatic rings. The molecule has 122 valence electrons. The van der Waals surface area contributed by atoms with Crippen molar-refractivity contribution in [3.05, 3.63) is 34.3 Å². The van der Waals surface area contributed by atoms with Gasteiger partial charge in [-0.05, 0) is 43.3 Å². The van der Waals surface area contributed by atoms with Crippen molar-refractivity contribution in [2.24, 2.45) is 11.8 Å². The van der Waals surface area contributed by atoms with Crippen molar-refractivity contribution in [1.82, 2.24) is 16.0 Å². The Balaban J connectivity index is 0.00000242. The van der Waals surface area contributed by atoms with Gasteiger partial charge in [0.1, 0.15) is 0 Å². The molecule has 2 amide bonds. The monoisotopic (exact) mass is 389 g/mol. The summed E-state index contributed by atoms with van der Waals surface area (Å²) in [5, 5.41) is 8.81. The summed E-state index contributed by atoms with van der Waals surface area (Å²) in [5.74, 6) is 0.378. The predicted molar refractivity (Wildman–Crippen MR) is 92.3 cm³/mol. The average molecular weight is 391 g/mol. The van der Waals surface area contributed by atoms with Crippen LogP contribution in [0.2, 0.25) is 0 Å². The van der Waals surface area contributed by atoms with Crippen LogP contribution in [0.15, 0.2) is 28.7 Å². The molecule has 1 unspecified atom stereocenters. The van der Waals surface area contributed by atoms with E-state index in [2.05, 4.69) is 31.9 Å². The lowest BCUT2D eigenvalue weighted by Gasteiger charge is -2.31. The van der Waals surface area contributed by atoms with Gasteiger partial charge in [0.2, 0.25) is 5.91 Å². The van der Waals surface area contributed by atoms with Crippen LogP contribution in [-0.4, -0.2) is 38.0 Å². The molecule has 0 bridgehead atoms. The molecule has 1 fully saturated rings. The summed E-state index contributed by atoms with van der Waals surface area (Å²) < 4.78 is 0.936. The van der Waals surface area contributed by atoms with Crippen LogP contribution in [0.3, 0.4) is 0 Å². The van der Waals surface area contributed by atoms with Crippen LogP contribution in [0.4, 0.5) is 0 Å². The molecule has 0 saturated carbocycles. The molecule has 5 nitrogen and oxygen atoms in total. The Labute approximate surface area is 145 Å². The molecule has 0 aromatic heterocycles. The van der Waals surface area contributed by atoms with Crippen LogP contribution >= 0.6 is 28.3 Å². The van der Waals surface area contributed by atoms with Crippen molar-refractivity contribution in [3.8, 4) is 0 Å². The van der Waals surface area contributed by atoms with Gasteiger partial charge in [0.25, 0.3) is 5.91 Å². The quantitative estimate of drug-likeness (QED) is 0.646. The first-order valence-corrected chi connectivity index (χ1v) is 7.89. The summed E-state index contributed by atoms with van der Waals surface area (Å²) in [6, 6.07) is 7.16. The van der Waals surface area contributed by atoms with Crippen molar-refractivity contribution < 1.29 is 9.59 Å². The van der Waals surface area contributed by atoms with Crippen molar-refractivity contribution in [2.75, 3.05) is 26.2 Å². The highest BCUT2D eigenvalue weighted by Crippen LogP contribution is 2.15. The third-order valence-electron chi connectivity index (χ3n) is 3.75. The number of carbonyl (C=O) groups excluding carboxylic acids is 2. The zero-order chi connectivity index (χ0) is 15.2. The Morgan fingerprint density at radius 2 is 1.82 bits per heavy atom. The molecule has 0 radical (unpaired) electrons. The van der Waals surface area contributed by atoms with Crippen LogP contribution < -0.4 is 16.0 Å². The number of hydrogen-bond donors (Lipinski definition) is 3. The lowest BCUT2D eigenvalue weighted by molar-refractivity contribution is -0.126. The number of amides is 2. The molecule has 3 N–H and O–H groups in total. The van der Waals surface area contributed by atoms with Crippen LogP contribution in [0, 0.1) is 11.8 Å². The van der Waals surface area contributed by atoms with E-state index in [0.29, 0.717) is 24.6 Å². The fourth-order valence-corrected chi connectivity index (χ4v) is 2.37. The summed E-state index contributed by atoms with van der Waals surface area (Å²) in [6.45, 7) is 4.65. The Bertz CT molecular complexity index is 506. The molecular formula is C15H21BrClN3O2. The molecule has 22 heavy (non-hydrogen) atoms. The molecule has 2 rings (SSSR count). The standard InChI is InChI=1S/C15H20BrN3O2.ClH/c1-10(12-8-17-9-12)14(20)18-6-7-19-15(21)11-2-4-13(16)5-3-11;/h2-5,10,12,17H,6-9H2,1H3,(H,18,20)(H,19,21);1H. The fraction of sp³-hybridized carbons (Fsp3) is 0.467. The second kappa shape index (κ2) is 9.12. The highest BCUT2D eigenvalue weighted by molar-refractivity contribution is 9.10. The number of carbonyl (C=O) groups is 2. The Kier molecular flexibility index (Phi) is 7.85. The average Bonchev–Trinajstić information content (AvgIpc) is 2.42. The maximum absolute atomic E-state index is 11.9. The van der Waals surface area contributed by atoms with Gasteiger partial charge in [0.05, 0.1) is 0 Å². The van der Waals surface area contributed by atoms with Crippen LogP contribution in [0.5, 0.6) is 0 Å². The molecule has 1 atom stereocenters. The maximum atomic E-state index is 11.9. The highest BCUT2D eigenvalue weighted by Gasteiger charge is 2.28. The highest BCUT2D eigenvalue weighted by atomic mass is 79.9. The number of nitrogens with one attached hydrogen (secondary N) is 3. The van der Waals surface area contributed by atoms with Gasteiger partial charge in [-0.2, -0.15) is 0 Å². The van der Waals surface area contributed by atoms with E-state index in [4.69, 9.17) is 0 Å². The van der Waals surface area contributed by atoms with Gasteiger partial charge < -0.3 is 16.0 Å². The molecule has 1 aliphatic rings. The van der Waals surface area contributed by atoms with Crippen molar-refractivity contribution >= 4 is 40.2 Å². The van der Waals surface area contributed by atoms with Crippen LogP contribution in [0.1, 0.15) is 17.3 Å². The van der Waals surface area contributed by atoms with Gasteiger partial charge >= 0.3 is 0 Å². The van der Waals surface area contributed by atoms with E-state index in [-0.39, 0.29) is 30.1 Å². The molecule has 0 aliphatic carbocycles. The first-order chi connectivity index (χ1) is 10.1. The molecule has 1 saturated heterocycles. The second-order valence-corrected chi connectivity index (χ2v) is 6.18. The van der Waals surface area contributed by atoms with Crippen molar-refractivity contribution in [2.45, 2.75) is 6.92 Å².